The van der Waals surface area contributed by atoms with E-state index < -0.39 is 16.2 Å². The summed E-state index contributed by atoms with van der Waals surface area (Å²) in [5, 5.41) is 1.91. The van der Waals surface area contributed by atoms with Crippen LogP contribution in [0.3, 0.4) is 0 Å². The van der Waals surface area contributed by atoms with Crippen LogP contribution in [0.15, 0.2) is 17.5 Å². The van der Waals surface area contributed by atoms with E-state index in [0.717, 1.165) is 4.88 Å². The quantitative estimate of drug-likeness (QED) is 0.677. The zero-order valence-electron chi connectivity index (χ0n) is 11.9. The molecule has 0 spiro atoms. The Balaban J connectivity index is 2.70. The van der Waals surface area contributed by atoms with Gasteiger partial charge in [0.05, 0.1) is 13.5 Å². The Kier molecular flexibility index (Phi) is 6.60. The average molecular weight is 320 g/mol. The molecule has 0 bridgehead atoms. The Morgan fingerprint density at radius 2 is 2.15 bits per heavy atom. The molecule has 0 atom stereocenters. The summed E-state index contributed by atoms with van der Waals surface area (Å²) in [6, 6.07) is 3.79. The molecule has 0 fully saturated rings. The number of esters is 1. The Morgan fingerprint density at radius 1 is 1.45 bits per heavy atom. The molecule has 0 unspecified atom stereocenters. The van der Waals surface area contributed by atoms with Gasteiger partial charge in [0, 0.05) is 31.6 Å². The molecule has 0 N–H and O–H groups in total. The zero-order valence-corrected chi connectivity index (χ0v) is 13.5. The topological polar surface area (TPSA) is 66.9 Å². The maximum atomic E-state index is 12.4. The van der Waals surface area contributed by atoms with Gasteiger partial charge >= 0.3 is 5.97 Å². The molecule has 0 aromatic carbocycles. The minimum absolute atomic E-state index is 0.0444. The first-order valence-electron chi connectivity index (χ1n) is 6.22. The molecule has 0 aliphatic rings. The van der Waals surface area contributed by atoms with E-state index in [1.807, 2.05) is 17.5 Å². The van der Waals surface area contributed by atoms with Crippen LogP contribution >= 0.6 is 11.3 Å². The van der Waals surface area contributed by atoms with Gasteiger partial charge in [0.15, 0.2) is 0 Å². The summed E-state index contributed by atoms with van der Waals surface area (Å²) >= 11 is 1.52. The van der Waals surface area contributed by atoms with Gasteiger partial charge in [-0.2, -0.15) is 17.0 Å². The standard InChI is InChI=1S/C12H20N2O4S2/c1-4-14(10-11-6-5-9-19-11)20(16,17)13(2)8-7-12(15)18-3/h5-6,9H,4,7-8,10H2,1-3H3. The molecule has 0 radical (unpaired) electrons. The van der Waals surface area contributed by atoms with Crippen LogP contribution in [0.5, 0.6) is 0 Å². The second-order valence-corrected chi connectivity index (χ2v) is 7.23. The molecule has 114 valence electrons. The lowest BCUT2D eigenvalue weighted by Crippen LogP contribution is -2.42. The van der Waals surface area contributed by atoms with Gasteiger partial charge in [-0.25, -0.2) is 0 Å². The Bertz CT molecular complexity index is 514. The number of methoxy groups -OCH3 is 1. The molecule has 0 aliphatic carbocycles. The normalized spacial score (nSPS) is 12.1. The van der Waals surface area contributed by atoms with Crippen LogP contribution in [0.4, 0.5) is 0 Å². The van der Waals surface area contributed by atoms with Crippen molar-refractivity contribution in [3.8, 4) is 0 Å². The largest absolute Gasteiger partial charge is 0.469 e. The molecule has 20 heavy (non-hydrogen) atoms. The van der Waals surface area contributed by atoms with Crippen molar-refractivity contribution in [3.05, 3.63) is 22.4 Å². The summed E-state index contributed by atoms with van der Waals surface area (Å²) in [5.41, 5.74) is 0. The van der Waals surface area contributed by atoms with Gasteiger partial charge in [0.25, 0.3) is 10.2 Å². The molecule has 0 aliphatic heterocycles. The molecular formula is C12H20N2O4S2. The average Bonchev–Trinajstić information content (AvgIpc) is 2.94. The zero-order chi connectivity index (χ0) is 15.2. The van der Waals surface area contributed by atoms with Crippen LogP contribution in [0.25, 0.3) is 0 Å². The lowest BCUT2D eigenvalue weighted by atomic mass is 10.4. The number of carbonyl (C=O) groups excluding carboxylic acids is 1. The highest BCUT2D eigenvalue weighted by atomic mass is 32.2. The van der Waals surface area contributed by atoms with Crippen LogP contribution in [0, 0.1) is 0 Å². The predicted octanol–water partition coefficient (Wildman–Crippen LogP) is 1.31. The van der Waals surface area contributed by atoms with Crippen LogP contribution in [-0.4, -0.2) is 50.2 Å². The van der Waals surface area contributed by atoms with E-state index in [9.17, 15) is 13.2 Å². The lowest BCUT2D eigenvalue weighted by molar-refractivity contribution is -0.140. The van der Waals surface area contributed by atoms with Crippen molar-refractivity contribution < 1.29 is 17.9 Å². The first kappa shape index (κ1) is 17.1. The van der Waals surface area contributed by atoms with Gasteiger partial charge < -0.3 is 4.74 Å². The predicted molar refractivity (Wildman–Crippen MR) is 78.6 cm³/mol. The van der Waals surface area contributed by atoms with Gasteiger partial charge in [0.2, 0.25) is 0 Å². The summed E-state index contributed by atoms with van der Waals surface area (Å²) in [7, 11) is -0.814. The molecule has 1 aromatic rings. The van der Waals surface area contributed by atoms with Crippen LogP contribution in [0.1, 0.15) is 18.2 Å². The van der Waals surface area contributed by atoms with E-state index >= 15 is 0 Å². The summed E-state index contributed by atoms with van der Waals surface area (Å²) in [6.45, 7) is 2.62. The second-order valence-electron chi connectivity index (χ2n) is 4.16. The molecule has 0 amide bonds. The van der Waals surface area contributed by atoms with Gasteiger partial charge in [-0.1, -0.05) is 13.0 Å². The van der Waals surface area contributed by atoms with Crippen molar-refractivity contribution in [1.29, 1.82) is 0 Å². The van der Waals surface area contributed by atoms with E-state index in [2.05, 4.69) is 4.74 Å². The molecule has 0 saturated carbocycles. The molecule has 1 heterocycles. The second kappa shape index (κ2) is 7.72. The minimum Gasteiger partial charge on any atom is -0.469 e. The van der Waals surface area contributed by atoms with E-state index in [0.29, 0.717) is 13.1 Å². The summed E-state index contributed by atoms with van der Waals surface area (Å²) in [5.74, 6) is -0.423. The fraction of sp³-hybridized carbons (Fsp3) is 0.583. The number of thiophene rings is 1. The van der Waals surface area contributed by atoms with Gasteiger partial charge in [0.1, 0.15) is 0 Å². The van der Waals surface area contributed by atoms with Gasteiger partial charge in [-0.15, -0.1) is 11.3 Å². The van der Waals surface area contributed by atoms with Crippen molar-refractivity contribution >= 4 is 27.5 Å². The number of ether oxygens (including phenoxy) is 1. The van der Waals surface area contributed by atoms with E-state index in [1.54, 1.807) is 6.92 Å². The number of carbonyl (C=O) groups is 1. The molecule has 1 aromatic heterocycles. The summed E-state index contributed by atoms with van der Waals surface area (Å²) in [6.07, 6.45) is 0.0444. The fourth-order valence-electron chi connectivity index (χ4n) is 1.60. The molecular weight excluding hydrogens is 300 g/mol. The third kappa shape index (κ3) is 4.55. The molecule has 8 heteroatoms. The van der Waals surface area contributed by atoms with Crippen molar-refractivity contribution in [2.75, 3.05) is 27.2 Å². The van der Waals surface area contributed by atoms with Crippen molar-refractivity contribution in [2.45, 2.75) is 19.9 Å². The molecule has 6 nitrogen and oxygen atoms in total. The van der Waals surface area contributed by atoms with Crippen molar-refractivity contribution in [2.24, 2.45) is 0 Å². The fourth-order valence-corrected chi connectivity index (χ4v) is 3.74. The molecule has 1 rings (SSSR count). The maximum absolute atomic E-state index is 12.4. The SMILES string of the molecule is CCN(Cc1cccs1)S(=O)(=O)N(C)CCC(=O)OC. The Hall–Kier alpha value is -0.960. The van der Waals surface area contributed by atoms with Crippen LogP contribution in [0.2, 0.25) is 0 Å². The number of hydrogen-bond donors (Lipinski definition) is 0. The van der Waals surface area contributed by atoms with Crippen molar-refractivity contribution in [3.63, 3.8) is 0 Å². The summed E-state index contributed by atoms with van der Waals surface area (Å²) in [4.78, 5) is 12.1. The smallest absolute Gasteiger partial charge is 0.306 e. The van der Waals surface area contributed by atoms with Crippen molar-refractivity contribution in [1.82, 2.24) is 8.61 Å². The first-order chi connectivity index (χ1) is 9.41. The third-order valence-electron chi connectivity index (χ3n) is 2.84. The maximum Gasteiger partial charge on any atom is 0.306 e. The van der Waals surface area contributed by atoms with E-state index in [4.69, 9.17) is 0 Å². The number of rotatable bonds is 8. The van der Waals surface area contributed by atoms with Gasteiger partial charge in [-0.3, -0.25) is 4.79 Å². The lowest BCUT2D eigenvalue weighted by Gasteiger charge is -2.25. The third-order valence-corrected chi connectivity index (χ3v) is 5.71. The Morgan fingerprint density at radius 3 is 2.65 bits per heavy atom. The van der Waals surface area contributed by atoms with E-state index in [1.165, 1.54) is 34.1 Å². The first-order valence-corrected chi connectivity index (χ1v) is 8.50. The van der Waals surface area contributed by atoms with Gasteiger partial charge in [-0.05, 0) is 11.4 Å². The minimum atomic E-state index is -3.57. The van der Waals surface area contributed by atoms with E-state index in [-0.39, 0.29) is 13.0 Å². The Labute approximate surface area is 124 Å². The van der Waals surface area contributed by atoms with Crippen LogP contribution in [-0.2, 0) is 26.3 Å². The summed E-state index contributed by atoms with van der Waals surface area (Å²) < 4.78 is 31.9. The highest BCUT2D eigenvalue weighted by molar-refractivity contribution is 7.86. The molecule has 0 saturated heterocycles. The van der Waals surface area contributed by atoms with Crippen LogP contribution < -0.4 is 0 Å². The highest BCUT2D eigenvalue weighted by Gasteiger charge is 2.26. The number of hydrogen-bond acceptors (Lipinski definition) is 5. The monoisotopic (exact) mass is 320 g/mol. The number of nitrogens with zero attached hydrogens (tertiary/aromatic N) is 2. The highest BCUT2D eigenvalue weighted by Crippen LogP contribution is 2.16.